The van der Waals surface area contributed by atoms with Crippen LogP contribution in [0, 0.1) is 0 Å². The number of carboxylic acids is 1. The summed E-state index contributed by atoms with van der Waals surface area (Å²) < 4.78 is 6.04. The van der Waals surface area contributed by atoms with Crippen LogP contribution < -0.4 is 5.32 Å². The minimum absolute atomic E-state index is 0.228. The second kappa shape index (κ2) is 5.54. The molecular formula is C17H13N3O3S. The number of carboxylic acid groups (broad SMARTS) is 1. The molecule has 0 unspecified atom stereocenters. The van der Waals surface area contributed by atoms with Gasteiger partial charge in [0.25, 0.3) is 0 Å². The number of hydrogen-bond donors (Lipinski definition) is 3. The monoisotopic (exact) mass is 339 g/mol. The number of anilines is 1. The summed E-state index contributed by atoms with van der Waals surface area (Å²) in [5.74, 6) is -0.434. The van der Waals surface area contributed by atoms with Crippen molar-refractivity contribution in [3.05, 3.63) is 47.6 Å². The van der Waals surface area contributed by atoms with E-state index in [1.807, 2.05) is 24.3 Å². The molecule has 0 amide bonds. The summed E-state index contributed by atoms with van der Waals surface area (Å²) >= 11 is 1.35. The van der Waals surface area contributed by atoms with Crippen molar-refractivity contribution in [2.24, 2.45) is 0 Å². The number of para-hydroxylation sites is 1. The normalized spacial score (nSPS) is 11.0. The van der Waals surface area contributed by atoms with E-state index in [-0.39, 0.29) is 5.56 Å². The molecule has 24 heavy (non-hydrogen) atoms. The van der Waals surface area contributed by atoms with Gasteiger partial charge in [-0.3, -0.25) is 5.10 Å². The van der Waals surface area contributed by atoms with Crippen molar-refractivity contribution >= 4 is 34.0 Å². The number of benzene rings is 1. The van der Waals surface area contributed by atoms with Crippen molar-refractivity contribution in [3.8, 4) is 21.8 Å². The van der Waals surface area contributed by atoms with Crippen LogP contribution >= 0.6 is 11.3 Å². The molecule has 0 aliphatic heterocycles. The van der Waals surface area contributed by atoms with Gasteiger partial charge in [0.1, 0.15) is 16.9 Å². The van der Waals surface area contributed by atoms with E-state index >= 15 is 0 Å². The van der Waals surface area contributed by atoms with Crippen LogP contribution in [0.25, 0.3) is 32.7 Å². The van der Waals surface area contributed by atoms with Crippen molar-refractivity contribution in [1.29, 1.82) is 0 Å². The predicted molar refractivity (Wildman–Crippen MR) is 93.6 cm³/mol. The molecule has 4 aromatic rings. The molecule has 3 aromatic heterocycles. The summed E-state index contributed by atoms with van der Waals surface area (Å²) in [4.78, 5) is 12.2. The molecule has 0 saturated heterocycles. The first-order valence-corrected chi connectivity index (χ1v) is 8.11. The van der Waals surface area contributed by atoms with Crippen molar-refractivity contribution < 1.29 is 14.3 Å². The van der Waals surface area contributed by atoms with Gasteiger partial charge in [-0.05, 0) is 6.07 Å². The Labute approximate surface area is 140 Å². The van der Waals surface area contributed by atoms with Gasteiger partial charge in [-0.15, -0.1) is 11.3 Å². The molecule has 0 spiro atoms. The highest BCUT2D eigenvalue weighted by molar-refractivity contribution is 7.14. The number of furan rings is 1. The quantitative estimate of drug-likeness (QED) is 0.516. The summed E-state index contributed by atoms with van der Waals surface area (Å²) in [6.45, 7) is 0. The number of nitrogens with one attached hydrogen (secondary N) is 2. The van der Waals surface area contributed by atoms with Crippen molar-refractivity contribution in [2.75, 3.05) is 12.4 Å². The lowest BCUT2D eigenvalue weighted by atomic mass is 10.1. The number of carbonyl (C=O) groups is 1. The fourth-order valence-corrected chi connectivity index (χ4v) is 3.74. The average Bonchev–Trinajstić information content (AvgIpc) is 3.30. The first-order valence-electron chi connectivity index (χ1n) is 7.23. The molecule has 7 heteroatoms. The molecule has 0 atom stereocenters. The molecule has 0 saturated carbocycles. The zero-order valence-electron chi connectivity index (χ0n) is 12.7. The zero-order valence-corrected chi connectivity index (χ0v) is 13.5. The Morgan fingerprint density at radius 2 is 2.29 bits per heavy atom. The smallest absolute Gasteiger partial charge is 0.339 e. The van der Waals surface area contributed by atoms with Gasteiger partial charge < -0.3 is 14.8 Å². The Kier molecular flexibility index (Phi) is 3.35. The van der Waals surface area contributed by atoms with E-state index in [1.165, 1.54) is 11.3 Å². The molecular weight excluding hydrogens is 326 g/mol. The molecule has 3 N–H and O–H groups in total. The fraction of sp³-hybridized carbons (Fsp3) is 0.0588. The summed E-state index contributed by atoms with van der Waals surface area (Å²) in [5.41, 5.74) is 3.35. The van der Waals surface area contributed by atoms with Crippen LogP contribution in [-0.2, 0) is 0 Å². The maximum Gasteiger partial charge on any atom is 0.339 e. The highest BCUT2D eigenvalue weighted by Crippen LogP contribution is 2.40. The molecule has 6 nitrogen and oxygen atoms in total. The third-order valence-corrected chi connectivity index (χ3v) is 4.85. The van der Waals surface area contributed by atoms with E-state index in [9.17, 15) is 9.90 Å². The lowest BCUT2D eigenvalue weighted by Crippen LogP contribution is -2.00. The maximum atomic E-state index is 11.6. The minimum Gasteiger partial charge on any atom is -0.478 e. The number of aromatic carboxylic acids is 1. The topological polar surface area (TPSA) is 91.2 Å². The van der Waals surface area contributed by atoms with Crippen LogP contribution in [0.5, 0.6) is 0 Å². The van der Waals surface area contributed by atoms with Gasteiger partial charge in [-0.2, -0.15) is 5.10 Å². The van der Waals surface area contributed by atoms with Crippen LogP contribution in [-0.4, -0.2) is 28.3 Å². The predicted octanol–water partition coefficient (Wildman–Crippen LogP) is 4.29. The molecule has 1 aromatic carbocycles. The van der Waals surface area contributed by atoms with Crippen molar-refractivity contribution in [2.45, 2.75) is 0 Å². The second-order valence-electron chi connectivity index (χ2n) is 5.23. The van der Waals surface area contributed by atoms with Gasteiger partial charge in [-0.25, -0.2) is 4.79 Å². The molecule has 0 aliphatic carbocycles. The summed E-state index contributed by atoms with van der Waals surface area (Å²) in [7, 11) is 1.70. The molecule has 120 valence electrons. The number of aromatic nitrogens is 2. The van der Waals surface area contributed by atoms with Gasteiger partial charge in [0.15, 0.2) is 0 Å². The zero-order chi connectivity index (χ0) is 16.7. The van der Waals surface area contributed by atoms with Crippen LogP contribution in [0.3, 0.4) is 0 Å². The molecule has 0 aliphatic rings. The number of aromatic amines is 1. The lowest BCUT2D eigenvalue weighted by molar-refractivity contribution is 0.0699. The molecule has 0 radical (unpaired) electrons. The van der Waals surface area contributed by atoms with E-state index < -0.39 is 5.97 Å². The SMILES string of the molecule is CNc1csc(-c2cc3cccc(-c4cn[nH]c4)c3o2)c1C(=O)O. The first-order chi connectivity index (χ1) is 11.7. The standard InChI is InChI=1S/C17H13N3O3S/c1-18-12-8-24-16(14(12)17(21)22)13-5-9-3-2-4-11(15(9)23-13)10-6-19-20-7-10/h2-8,18H,1H3,(H,19,20)(H,21,22). The van der Waals surface area contributed by atoms with Gasteiger partial charge in [-0.1, -0.05) is 18.2 Å². The van der Waals surface area contributed by atoms with E-state index in [4.69, 9.17) is 4.42 Å². The Balaban J connectivity index is 1.93. The number of hydrogen-bond acceptors (Lipinski definition) is 5. The third kappa shape index (κ3) is 2.17. The molecule has 0 bridgehead atoms. The van der Waals surface area contributed by atoms with E-state index in [1.54, 1.807) is 24.8 Å². The Morgan fingerprint density at radius 1 is 1.42 bits per heavy atom. The lowest BCUT2D eigenvalue weighted by Gasteiger charge is -2.00. The highest BCUT2D eigenvalue weighted by atomic mass is 32.1. The van der Waals surface area contributed by atoms with E-state index in [0.29, 0.717) is 21.9 Å². The van der Waals surface area contributed by atoms with Crippen LogP contribution in [0.15, 0.2) is 46.5 Å². The maximum absolute atomic E-state index is 11.6. The Morgan fingerprint density at radius 3 is 3.00 bits per heavy atom. The number of fused-ring (bicyclic) bond motifs is 1. The van der Waals surface area contributed by atoms with Gasteiger partial charge in [0.2, 0.25) is 0 Å². The van der Waals surface area contributed by atoms with E-state index in [2.05, 4.69) is 15.5 Å². The van der Waals surface area contributed by atoms with E-state index in [0.717, 1.165) is 16.5 Å². The Hall–Kier alpha value is -3.06. The average molecular weight is 339 g/mol. The van der Waals surface area contributed by atoms with Gasteiger partial charge >= 0.3 is 5.97 Å². The fourth-order valence-electron chi connectivity index (χ4n) is 2.74. The van der Waals surface area contributed by atoms with Crippen molar-refractivity contribution in [3.63, 3.8) is 0 Å². The van der Waals surface area contributed by atoms with Crippen LogP contribution in [0.4, 0.5) is 5.69 Å². The number of thiophene rings is 1. The number of rotatable bonds is 4. The van der Waals surface area contributed by atoms with Crippen LogP contribution in [0.1, 0.15) is 10.4 Å². The molecule has 0 fully saturated rings. The second-order valence-corrected chi connectivity index (χ2v) is 6.11. The Bertz CT molecular complexity index is 1030. The van der Waals surface area contributed by atoms with Gasteiger partial charge in [0, 0.05) is 35.1 Å². The highest BCUT2D eigenvalue weighted by Gasteiger charge is 2.22. The summed E-state index contributed by atoms with van der Waals surface area (Å²) in [6.07, 6.45) is 3.52. The third-order valence-electron chi connectivity index (χ3n) is 3.85. The molecule has 3 heterocycles. The van der Waals surface area contributed by atoms with Crippen molar-refractivity contribution in [1.82, 2.24) is 10.2 Å². The first kappa shape index (κ1) is 14.5. The number of H-pyrrole nitrogens is 1. The van der Waals surface area contributed by atoms with Gasteiger partial charge in [0.05, 0.1) is 16.8 Å². The van der Waals surface area contributed by atoms with Crippen LogP contribution in [0.2, 0.25) is 0 Å². The minimum atomic E-state index is -0.980. The summed E-state index contributed by atoms with van der Waals surface area (Å²) in [5, 5.41) is 21.9. The number of nitrogens with zero attached hydrogens (tertiary/aromatic N) is 1. The molecule has 4 rings (SSSR count). The largest absolute Gasteiger partial charge is 0.478 e. The summed E-state index contributed by atoms with van der Waals surface area (Å²) in [6, 6.07) is 7.71.